The van der Waals surface area contributed by atoms with Gasteiger partial charge < -0.3 is 14.4 Å². The summed E-state index contributed by atoms with van der Waals surface area (Å²) in [5, 5.41) is 0. The molecule has 1 heterocycles. The average Bonchev–Trinajstić information content (AvgIpc) is 2.41. The van der Waals surface area contributed by atoms with Gasteiger partial charge in [0.15, 0.2) is 5.60 Å². The van der Waals surface area contributed by atoms with Gasteiger partial charge in [-0.2, -0.15) is 0 Å². The van der Waals surface area contributed by atoms with Crippen LogP contribution in [0.25, 0.3) is 0 Å². The summed E-state index contributed by atoms with van der Waals surface area (Å²) in [7, 11) is 0. The SMILES string of the molecule is CC(C)(Oc1ccc(F)cc1)C(=O)N1CCOCC1. The molecule has 5 heteroatoms. The number of halogens is 1. The lowest BCUT2D eigenvalue weighted by Gasteiger charge is -2.34. The Morgan fingerprint density at radius 1 is 1.26 bits per heavy atom. The molecule has 0 radical (unpaired) electrons. The van der Waals surface area contributed by atoms with Gasteiger partial charge in [0, 0.05) is 13.1 Å². The van der Waals surface area contributed by atoms with Gasteiger partial charge in [0.1, 0.15) is 11.6 Å². The minimum absolute atomic E-state index is 0.0832. The van der Waals surface area contributed by atoms with Crippen LogP contribution in [0.3, 0.4) is 0 Å². The molecule has 0 spiro atoms. The van der Waals surface area contributed by atoms with Crippen LogP contribution in [0, 0.1) is 5.82 Å². The maximum absolute atomic E-state index is 12.8. The highest BCUT2D eigenvalue weighted by molar-refractivity contribution is 5.84. The van der Waals surface area contributed by atoms with E-state index in [9.17, 15) is 9.18 Å². The fraction of sp³-hybridized carbons (Fsp3) is 0.500. The van der Waals surface area contributed by atoms with Crippen molar-refractivity contribution < 1.29 is 18.7 Å². The van der Waals surface area contributed by atoms with Gasteiger partial charge in [-0.25, -0.2) is 4.39 Å². The van der Waals surface area contributed by atoms with Gasteiger partial charge in [0.05, 0.1) is 13.2 Å². The smallest absolute Gasteiger partial charge is 0.266 e. The largest absolute Gasteiger partial charge is 0.478 e. The molecule has 1 aliphatic heterocycles. The lowest BCUT2D eigenvalue weighted by atomic mass is 10.1. The Morgan fingerprint density at radius 3 is 2.42 bits per heavy atom. The zero-order valence-electron chi connectivity index (χ0n) is 11.2. The molecule has 0 unspecified atom stereocenters. The Kier molecular flexibility index (Phi) is 4.04. The van der Waals surface area contributed by atoms with E-state index < -0.39 is 5.60 Å². The van der Waals surface area contributed by atoms with E-state index in [1.54, 1.807) is 18.7 Å². The minimum Gasteiger partial charge on any atom is -0.478 e. The third kappa shape index (κ3) is 3.44. The third-order valence-electron chi connectivity index (χ3n) is 3.00. The fourth-order valence-corrected chi connectivity index (χ4v) is 1.99. The molecule has 1 saturated heterocycles. The number of nitrogens with zero attached hydrogens (tertiary/aromatic N) is 1. The number of hydrogen-bond acceptors (Lipinski definition) is 3. The fourth-order valence-electron chi connectivity index (χ4n) is 1.99. The molecule has 2 rings (SSSR count). The lowest BCUT2D eigenvalue weighted by molar-refractivity contribution is -0.149. The molecule has 0 bridgehead atoms. The Hall–Kier alpha value is -1.62. The summed E-state index contributed by atoms with van der Waals surface area (Å²) in [6.45, 7) is 5.70. The molecule has 1 aromatic carbocycles. The van der Waals surface area contributed by atoms with E-state index in [4.69, 9.17) is 9.47 Å². The quantitative estimate of drug-likeness (QED) is 0.839. The average molecular weight is 267 g/mol. The monoisotopic (exact) mass is 267 g/mol. The molecule has 1 amide bonds. The van der Waals surface area contributed by atoms with Crippen molar-refractivity contribution in [1.29, 1.82) is 0 Å². The first-order valence-corrected chi connectivity index (χ1v) is 6.31. The number of morpholine rings is 1. The van der Waals surface area contributed by atoms with Crippen LogP contribution in [0.4, 0.5) is 4.39 Å². The second kappa shape index (κ2) is 5.57. The first-order valence-electron chi connectivity index (χ1n) is 6.31. The van der Waals surface area contributed by atoms with Crippen LogP contribution in [-0.2, 0) is 9.53 Å². The lowest BCUT2D eigenvalue weighted by Crippen LogP contribution is -2.52. The number of benzene rings is 1. The number of carbonyl (C=O) groups is 1. The van der Waals surface area contributed by atoms with Crippen LogP contribution < -0.4 is 4.74 Å². The molecule has 0 saturated carbocycles. The second-order valence-electron chi connectivity index (χ2n) is 4.97. The highest BCUT2D eigenvalue weighted by Crippen LogP contribution is 2.21. The van der Waals surface area contributed by atoms with E-state index in [1.807, 2.05) is 0 Å². The number of rotatable bonds is 3. The van der Waals surface area contributed by atoms with Crippen molar-refractivity contribution in [3.63, 3.8) is 0 Å². The minimum atomic E-state index is -0.977. The molecular formula is C14H18FNO3. The number of ether oxygens (including phenoxy) is 2. The van der Waals surface area contributed by atoms with Gasteiger partial charge in [-0.1, -0.05) is 0 Å². The van der Waals surface area contributed by atoms with Crippen molar-refractivity contribution >= 4 is 5.91 Å². The Bertz CT molecular complexity index is 439. The molecule has 4 nitrogen and oxygen atoms in total. The maximum Gasteiger partial charge on any atom is 0.266 e. The van der Waals surface area contributed by atoms with E-state index in [1.165, 1.54) is 24.3 Å². The third-order valence-corrected chi connectivity index (χ3v) is 3.00. The zero-order valence-corrected chi connectivity index (χ0v) is 11.2. The van der Waals surface area contributed by atoms with E-state index >= 15 is 0 Å². The van der Waals surface area contributed by atoms with E-state index in [0.29, 0.717) is 32.1 Å². The molecule has 0 N–H and O–H groups in total. The predicted molar refractivity (Wildman–Crippen MR) is 68.5 cm³/mol. The summed E-state index contributed by atoms with van der Waals surface area (Å²) in [5.74, 6) is 0.0674. The molecule has 0 aromatic heterocycles. The van der Waals surface area contributed by atoms with E-state index in [-0.39, 0.29) is 11.7 Å². The van der Waals surface area contributed by atoms with Crippen molar-refractivity contribution in [2.24, 2.45) is 0 Å². The highest BCUT2D eigenvalue weighted by Gasteiger charge is 2.34. The van der Waals surface area contributed by atoms with Crippen molar-refractivity contribution in [1.82, 2.24) is 4.90 Å². The van der Waals surface area contributed by atoms with Crippen molar-refractivity contribution in [3.05, 3.63) is 30.1 Å². The van der Waals surface area contributed by atoms with Crippen molar-refractivity contribution in [3.8, 4) is 5.75 Å². The number of amides is 1. The molecule has 1 aromatic rings. The van der Waals surface area contributed by atoms with Crippen LogP contribution in [0.1, 0.15) is 13.8 Å². The Morgan fingerprint density at radius 2 is 1.84 bits per heavy atom. The molecule has 1 fully saturated rings. The molecule has 104 valence electrons. The molecule has 1 aliphatic rings. The maximum atomic E-state index is 12.8. The normalized spacial score (nSPS) is 16.3. The van der Waals surface area contributed by atoms with Gasteiger partial charge in [0.2, 0.25) is 0 Å². The van der Waals surface area contributed by atoms with Gasteiger partial charge in [-0.3, -0.25) is 4.79 Å². The molecular weight excluding hydrogens is 249 g/mol. The first-order chi connectivity index (χ1) is 8.99. The van der Waals surface area contributed by atoms with Gasteiger partial charge in [-0.05, 0) is 38.1 Å². The summed E-state index contributed by atoms with van der Waals surface area (Å²) < 4.78 is 23.7. The van der Waals surface area contributed by atoms with Gasteiger partial charge in [0.25, 0.3) is 5.91 Å². The van der Waals surface area contributed by atoms with Crippen molar-refractivity contribution in [2.45, 2.75) is 19.4 Å². The second-order valence-corrected chi connectivity index (χ2v) is 4.97. The first kappa shape index (κ1) is 13.8. The Balaban J connectivity index is 2.04. The highest BCUT2D eigenvalue weighted by atomic mass is 19.1. The van der Waals surface area contributed by atoms with E-state index in [0.717, 1.165) is 0 Å². The van der Waals surface area contributed by atoms with Gasteiger partial charge >= 0.3 is 0 Å². The topological polar surface area (TPSA) is 38.8 Å². The van der Waals surface area contributed by atoms with Crippen LogP contribution >= 0.6 is 0 Å². The number of carbonyl (C=O) groups excluding carboxylic acids is 1. The van der Waals surface area contributed by atoms with Crippen LogP contribution in [0.2, 0.25) is 0 Å². The standard InChI is InChI=1S/C14H18FNO3/c1-14(2,13(17)16-7-9-18-10-8-16)19-12-5-3-11(15)4-6-12/h3-6H,7-10H2,1-2H3. The van der Waals surface area contributed by atoms with Crippen molar-refractivity contribution in [2.75, 3.05) is 26.3 Å². The molecule has 0 atom stereocenters. The van der Waals surface area contributed by atoms with Gasteiger partial charge in [-0.15, -0.1) is 0 Å². The Labute approximate surface area is 112 Å². The summed E-state index contributed by atoms with van der Waals surface area (Å²) in [5.41, 5.74) is -0.977. The summed E-state index contributed by atoms with van der Waals surface area (Å²) in [6, 6.07) is 5.66. The summed E-state index contributed by atoms with van der Waals surface area (Å²) >= 11 is 0. The van der Waals surface area contributed by atoms with Crippen LogP contribution in [0.5, 0.6) is 5.75 Å². The number of hydrogen-bond donors (Lipinski definition) is 0. The van der Waals surface area contributed by atoms with Crippen LogP contribution in [0.15, 0.2) is 24.3 Å². The molecule has 0 aliphatic carbocycles. The van der Waals surface area contributed by atoms with E-state index in [2.05, 4.69) is 0 Å². The van der Waals surface area contributed by atoms with Crippen LogP contribution in [-0.4, -0.2) is 42.7 Å². The predicted octanol–water partition coefficient (Wildman–Crippen LogP) is 1.84. The molecule has 19 heavy (non-hydrogen) atoms. The summed E-state index contributed by atoms with van der Waals surface area (Å²) in [6.07, 6.45) is 0. The summed E-state index contributed by atoms with van der Waals surface area (Å²) in [4.78, 5) is 14.1. The zero-order chi connectivity index (χ0) is 13.9.